The van der Waals surface area contributed by atoms with Gasteiger partial charge in [0, 0.05) is 19.3 Å². The number of hydrogen-bond donors (Lipinski definition) is 0. The minimum absolute atomic E-state index is 0.0736. The predicted molar refractivity (Wildman–Crippen MR) is 298 cm³/mol. The van der Waals surface area contributed by atoms with Gasteiger partial charge in [-0.05, 0) is 38.5 Å². The summed E-state index contributed by atoms with van der Waals surface area (Å²) in [6.45, 7) is 6.55. The largest absolute Gasteiger partial charge is 0.462 e. The molecule has 6 heteroatoms. The lowest BCUT2D eigenvalue weighted by atomic mass is 10.0. The Morgan fingerprint density at radius 1 is 0.304 bits per heavy atom. The Hall–Kier alpha value is -2.37. The zero-order chi connectivity index (χ0) is 50.0. The number of allylic oxidation sites excluding steroid dienone is 6. The predicted octanol–water partition coefficient (Wildman–Crippen LogP) is 20.4. The van der Waals surface area contributed by atoms with Crippen molar-refractivity contribution in [2.24, 2.45) is 0 Å². The van der Waals surface area contributed by atoms with Crippen LogP contribution in [0.15, 0.2) is 36.5 Å². The molecule has 1 unspecified atom stereocenters. The van der Waals surface area contributed by atoms with Crippen molar-refractivity contribution in [2.75, 3.05) is 13.2 Å². The molecule has 0 bridgehead atoms. The minimum atomic E-state index is -0.776. The average molecular weight is 970 g/mol. The Bertz CT molecular complexity index is 1160. The smallest absolute Gasteiger partial charge is 0.306 e. The van der Waals surface area contributed by atoms with Crippen LogP contribution in [-0.4, -0.2) is 37.2 Å². The van der Waals surface area contributed by atoms with Crippen molar-refractivity contribution in [3.8, 4) is 0 Å². The molecule has 0 aliphatic carbocycles. The van der Waals surface area contributed by atoms with E-state index < -0.39 is 6.10 Å². The first-order valence-corrected chi connectivity index (χ1v) is 30.5. The Morgan fingerprint density at radius 2 is 0.565 bits per heavy atom. The highest BCUT2D eigenvalue weighted by molar-refractivity contribution is 5.71. The van der Waals surface area contributed by atoms with Crippen LogP contribution in [0.1, 0.15) is 329 Å². The zero-order valence-corrected chi connectivity index (χ0v) is 46.3. The second-order valence-corrected chi connectivity index (χ2v) is 20.7. The summed E-state index contributed by atoms with van der Waals surface area (Å²) in [5, 5.41) is 0. The molecule has 0 aromatic carbocycles. The van der Waals surface area contributed by atoms with Crippen molar-refractivity contribution in [3.63, 3.8) is 0 Å². The second-order valence-electron chi connectivity index (χ2n) is 20.7. The number of carbonyl (C=O) groups excluding carboxylic acids is 3. The Morgan fingerprint density at radius 3 is 0.870 bits per heavy atom. The highest BCUT2D eigenvalue weighted by Gasteiger charge is 2.19. The first kappa shape index (κ1) is 66.6. The molecule has 0 aliphatic rings. The molecule has 0 aromatic rings. The molecule has 404 valence electrons. The number of hydrogen-bond acceptors (Lipinski definition) is 6. The maximum Gasteiger partial charge on any atom is 0.306 e. The summed E-state index contributed by atoms with van der Waals surface area (Å²) >= 11 is 0. The van der Waals surface area contributed by atoms with Gasteiger partial charge >= 0.3 is 17.9 Å². The fraction of sp³-hybridized carbons (Fsp3) is 0.857. The molecule has 0 aromatic heterocycles. The summed E-state index contributed by atoms with van der Waals surface area (Å²) in [7, 11) is 0. The normalized spacial score (nSPS) is 12.2. The Labute approximate surface area is 429 Å². The van der Waals surface area contributed by atoms with Crippen LogP contribution in [0.25, 0.3) is 0 Å². The lowest BCUT2D eigenvalue weighted by Gasteiger charge is -2.18. The van der Waals surface area contributed by atoms with E-state index in [9.17, 15) is 14.4 Å². The van der Waals surface area contributed by atoms with Gasteiger partial charge in [0.15, 0.2) is 6.10 Å². The highest BCUT2D eigenvalue weighted by Crippen LogP contribution is 2.18. The molecule has 0 N–H and O–H groups in total. The van der Waals surface area contributed by atoms with Gasteiger partial charge < -0.3 is 14.2 Å². The number of carbonyl (C=O) groups is 3. The Kier molecular flexibility index (Phi) is 56.2. The monoisotopic (exact) mass is 969 g/mol. The van der Waals surface area contributed by atoms with Crippen molar-refractivity contribution in [1.82, 2.24) is 0 Å². The third-order valence-corrected chi connectivity index (χ3v) is 13.7. The first-order valence-electron chi connectivity index (χ1n) is 30.5. The number of unbranched alkanes of at least 4 members (excludes halogenated alkanes) is 41. The van der Waals surface area contributed by atoms with Crippen molar-refractivity contribution >= 4 is 17.9 Å². The fourth-order valence-electron chi connectivity index (χ4n) is 9.15. The summed E-state index contributed by atoms with van der Waals surface area (Å²) in [5.41, 5.74) is 0. The molecule has 6 nitrogen and oxygen atoms in total. The first-order chi connectivity index (χ1) is 34.0. The lowest BCUT2D eigenvalue weighted by molar-refractivity contribution is -0.167. The van der Waals surface area contributed by atoms with Crippen LogP contribution in [0.2, 0.25) is 0 Å². The van der Waals surface area contributed by atoms with Gasteiger partial charge in [-0.3, -0.25) is 14.4 Å². The summed E-state index contributed by atoms with van der Waals surface area (Å²) in [4.78, 5) is 38.2. The number of ether oxygens (including phenoxy) is 3. The van der Waals surface area contributed by atoms with Gasteiger partial charge in [-0.25, -0.2) is 0 Å². The van der Waals surface area contributed by atoms with Gasteiger partial charge in [0.05, 0.1) is 0 Å². The van der Waals surface area contributed by atoms with Crippen LogP contribution >= 0.6 is 0 Å². The molecule has 0 fully saturated rings. The van der Waals surface area contributed by atoms with Gasteiger partial charge in [0.1, 0.15) is 13.2 Å². The topological polar surface area (TPSA) is 78.9 Å². The molecule has 0 spiro atoms. The maximum atomic E-state index is 12.9. The van der Waals surface area contributed by atoms with Crippen molar-refractivity contribution in [1.29, 1.82) is 0 Å². The highest BCUT2D eigenvalue weighted by atomic mass is 16.6. The van der Waals surface area contributed by atoms with E-state index in [1.54, 1.807) is 0 Å². The second kappa shape index (κ2) is 58.2. The van der Waals surface area contributed by atoms with Crippen LogP contribution in [0.4, 0.5) is 0 Å². The summed E-state index contributed by atoms with van der Waals surface area (Å²) in [6, 6.07) is 0. The molecular weight excluding hydrogens is 853 g/mol. The standard InChI is InChI=1S/C63H116O6/c1-4-7-10-13-16-19-22-25-27-29-31-33-35-38-41-44-47-50-53-56-62(65)68-59-60(58-67-61(64)55-52-49-46-43-40-37-24-21-18-15-12-9-6-3)69-63(66)57-54-51-48-45-42-39-36-34-32-30-28-26-23-20-17-14-11-8-5-2/h9,12,15,18,21,24,60H,4-8,10-11,13-14,16-17,19-20,22-23,25-59H2,1-3H3/b12-9+,18-15+,24-21+. The third kappa shape index (κ3) is 56.4. The molecule has 0 radical (unpaired) electrons. The molecule has 0 saturated heterocycles. The minimum Gasteiger partial charge on any atom is -0.462 e. The molecule has 0 heterocycles. The Balaban J connectivity index is 4.30. The van der Waals surface area contributed by atoms with Gasteiger partial charge in [0.2, 0.25) is 0 Å². The number of rotatable bonds is 56. The van der Waals surface area contributed by atoms with Crippen LogP contribution in [0.3, 0.4) is 0 Å². The fourth-order valence-corrected chi connectivity index (χ4v) is 9.15. The van der Waals surface area contributed by atoms with Gasteiger partial charge in [-0.2, -0.15) is 0 Å². The zero-order valence-electron chi connectivity index (χ0n) is 46.3. The quantitative estimate of drug-likeness (QED) is 0.0261. The van der Waals surface area contributed by atoms with Crippen LogP contribution in [0, 0.1) is 0 Å². The van der Waals surface area contributed by atoms with E-state index in [0.29, 0.717) is 19.3 Å². The summed E-state index contributed by atoms with van der Waals surface area (Å²) < 4.78 is 16.9. The third-order valence-electron chi connectivity index (χ3n) is 13.7. The molecule has 0 aliphatic heterocycles. The van der Waals surface area contributed by atoms with E-state index in [1.165, 1.54) is 205 Å². The SMILES string of the molecule is CC/C=C/C=C/C=C/CCCCCCCC(=O)OCC(COC(=O)CCCCCCCCCCCCCCCCCCCCC)OC(=O)CCCCCCCCCCCCCCCCCCCCC. The van der Waals surface area contributed by atoms with Gasteiger partial charge in [-0.1, -0.05) is 308 Å². The van der Waals surface area contributed by atoms with Crippen molar-refractivity contribution < 1.29 is 28.6 Å². The van der Waals surface area contributed by atoms with Crippen LogP contribution in [0.5, 0.6) is 0 Å². The van der Waals surface area contributed by atoms with E-state index in [1.807, 2.05) is 0 Å². The van der Waals surface area contributed by atoms with Crippen molar-refractivity contribution in [3.05, 3.63) is 36.5 Å². The van der Waals surface area contributed by atoms with E-state index >= 15 is 0 Å². The van der Waals surface area contributed by atoms with E-state index in [0.717, 1.165) is 83.5 Å². The van der Waals surface area contributed by atoms with Crippen LogP contribution < -0.4 is 0 Å². The number of esters is 3. The summed E-state index contributed by atoms with van der Waals surface area (Å²) in [6.07, 6.45) is 70.1. The summed E-state index contributed by atoms with van der Waals surface area (Å²) in [5.74, 6) is -0.872. The van der Waals surface area contributed by atoms with E-state index in [-0.39, 0.29) is 31.1 Å². The molecule has 0 rings (SSSR count). The maximum absolute atomic E-state index is 12.9. The molecule has 69 heavy (non-hydrogen) atoms. The van der Waals surface area contributed by atoms with Crippen molar-refractivity contribution in [2.45, 2.75) is 335 Å². The van der Waals surface area contributed by atoms with E-state index in [2.05, 4.69) is 57.2 Å². The van der Waals surface area contributed by atoms with E-state index in [4.69, 9.17) is 14.2 Å². The molecular formula is C63H116O6. The molecule has 0 amide bonds. The molecule has 0 saturated carbocycles. The van der Waals surface area contributed by atoms with Gasteiger partial charge in [0.25, 0.3) is 0 Å². The molecule has 1 atom stereocenters. The van der Waals surface area contributed by atoms with Gasteiger partial charge in [-0.15, -0.1) is 0 Å². The average Bonchev–Trinajstić information content (AvgIpc) is 3.35. The lowest BCUT2D eigenvalue weighted by Crippen LogP contribution is -2.30. The van der Waals surface area contributed by atoms with Crippen LogP contribution in [-0.2, 0) is 28.6 Å².